The van der Waals surface area contributed by atoms with E-state index in [1.54, 1.807) is 6.08 Å². The van der Waals surface area contributed by atoms with Crippen LogP contribution in [0.1, 0.15) is 310 Å². The fourth-order valence-corrected chi connectivity index (χ4v) is 10.7. The lowest BCUT2D eigenvalue weighted by Gasteiger charge is -2.41. The minimum Gasteiger partial charge on any atom is -0.454 e. The summed E-state index contributed by atoms with van der Waals surface area (Å²) in [6, 6.07) is -1.03. The van der Waals surface area contributed by atoms with Crippen LogP contribution in [0, 0.1) is 0 Å². The van der Waals surface area contributed by atoms with Crippen molar-refractivity contribution in [1.29, 1.82) is 0 Å². The first-order valence-electron chi connectivity index (χ1n) is 34.7. The van der Waals surface area contributed by atoms with Crippen molar-refractivity contribution >= 4 is 11.9 Å². The molecule has 8 atom stereocenters. The summed E-state index contributed by atoms with van der Waals surface area (Å²) in [4.78, 5) is 26.6. The van der Waals surface area contributed by atoms with Crippen LogP contribution < -0.4 is 5.32 Å². The Bertz CT molecular complexity index is 1630. The van der Waals surface area contributed by atoms with Gasteiger partial charge in [-0.15, -0.1) is 0 Å². The molecule has 0 aromatic rings. The van der Waals surface area contributed by atoms with Gasteiger partial charge in [0.05, 0.1) is 25.4 Å². The number of esters is 1. The zero-order chi connectivity index (χ0) is 60.3. The summed E-state index contributed by atoms with van der Waals surface area (Å²) in [5.41, 5.74) is 0. The molecule has 1 heterocycles. The topological polar surface area (TPSA) is 175 Å². The fraction of sp³-hybridized carbons (Fsp3) is 0.806. The molecule has 0 bridgehead atoms. The molecule has 11 heteroatoms. The zero-order valence-corrected chi connectivity index (χ0v) is 53.6. The lowest BCUT2D eigenvalue weighted by molar-refractivity contribution is -0.305. The van der Waals surface area contributed by atoms with Gasteiger partial charge in [0.1, 0.15) is 24.4 Å². The highest BCUT2D eigenvalue weighted by Gasteiger charge is 2.47. The van der Waals surface area contributed by atoms with Gasteiger partial charge in [-0.3, -0.25) is 9.59 Å². The first-order chi connectivity index (χ1) is 40.7. The van der Waals surface area contributed by atoms with Gasteiger partial charge in [0.2, 0.25) is 5.91 Å². The van der Waals surface area contributed by atoms with Crippen molar-refractivity contribution in [2.45, 2.75) is 359 Å². The minimum atomic E-state index is -1.62. The quantitative estimate of drug-likeness (QED) is 0.0195. The van der Waals surface area contributed by atoms with Crippen LogP contribution >= 0.6 is 0 Å². The Morgan fingerprint density at radius 2 is 0.867 bits per heavy atom. The summed E-state index contributed by atoms with van der Waals surface area (Å²) >= 11 is 0. The number of unbranched alkanes of at least 4 members (excludes halogenated alkanes) is 35. The van der Waals surface area contributed by atoms with Crippen molar-refractivity contribution in [3.8, 4) is 0 Å². The Morgan fingerprint density at radius 3 is 1.30 bits per heavy atom. The second-order valence-electron chi connectivity index (χ2n) is 23.9. The lowest BCUT2D eigenvalue weighted by atomic mass is 9.99. The van der Waals surface area contributed by atoms with Crippen molar-refractivity contribution in [3.63, 3.8) is 0 Å². The highest BCUT2D eigenvalue weighted by molar-refractivity contribution is 5.80. The van der Waals surface area contributed by atoms with Crippen molar-refractivity contribution < 1.29 is 49.3 Å². The van der Waals surface area contributed by atoms with Crippen LogP contribution in [0.4, 0.5) is 0 Å². The molecule has 1 aliphatic heterocycles. The summed E-state index contributed by atoms with van der Waals surface area (Å²) in [5.74, 6) is -1.20. The van der Waals surface area contributed by atoms with E-state index < -0.39 is 67.4 Å². The number of allylic oxidation sites excluding steroid dienone is 11. The predicted octanol–water partition coefficient (Wildman–Crippen LogP) is 17.5. The van der Waals surface area contributed by atoms with Crippen LogP contribution in [0.15, 0.2) is 72.9 Å². The van der Waals surface area contributed by atoms with Crippen LogP contribution in [0.5, 0.6) is 0 Å². The molecule has 0 spiro atoms. The van der Waals surface area contributed by atoms with Crippen LogP contribution in [-0.4, -0.2) is 99.6 Å². The second-order valence-corrected chi connectivity index (χ2v) is 23.9. The number of nitrogens with one attached hydrogen (secondary N) is 1. The molecule has 482 valence electrons. The number of aliphatic hydroxyl groups excluding tert-OH is 5. The van der Waals surface area contributed by atoms with E-state index in [0.717, 1.165) is 116 Å². The third kappa shape index (κ3) is 46.9. The van der Waals surface area contributed by atoms with Crippen LogP contribution in [0.25, 0.3) is 0 Å². The monoisotopic (exact) mass is 1170 g/mol. The van der Waals surface area contributed by atoms with E-state index in [1.807, 2.05) is 6.08 Å². The highest BCUT2D eigenvalue weighted by atomic mass is 16.7. The van der Waals surface area contributed by atoms with E-state index in [1.165, 1.54) is 148 Å². The first-order valence-corrected chi connectivity index (χ1v) is 34.7. The Labute approximate surface area is 509 Å². The average molecular weight is 1170 g/mol. The number of carbonyl (C=O) groups excluding carboxylic acids is 2. The highest BCUT2D eigenvalue weighted by Crippen LogP contribution is 2.26. The van der Waals surface area contributed by atoms with Crippen LogP contribution in [0.3, 0.4) is 0 Å². The molecule has 1 amide bonds. The molecule has 0 radical (unpaired) electrons. The molecular formula is C72H129NO10. The summed E-state index contributed by atoms with van der Waals surface area (Å²) in [6.45, 7) is 5.70. The maximum Gasteiger partial charge on any atom is 0.306 e. The van der Waals surface area contributed by atoms with Gasteiger partial charge in [-0.2, -0.15) is 0 Å². The summed E-state index contributed by atoms with van der Waals surface area (Å²) < 4.78 is 17.7. The minimum absolute atomic E-state index is 0.109. The Balaban J connectivity index is 2.58. The molecular weight excluding hydrogens is 1040 g/mol. The third-order valence-electron chi connectivity index (χ3n) is 16.1. The van der Waals surface area contributed by atoms with Crippen molar-refractivity contribution in [1.82, 2.24) is 5.32 Å². The van der Waals surface area contributed by atoms with E-state index in [-0.39, 0.29) is 13.0 Å². The molecule has 1 rings (SSSR count). The van der Waals surface area contributed by atoms with Gasteiger partial charge < -0.3 is 45.1 Å². The first kappa shape index (κ1) is 78.1. The molecule has 11 nitrogen and oxygen atoms in total. The molecule has 0 aromatic heterocycles. The van der Waals surface area contributed by atoms with Crippen LogP contribution in [-0.2, 0) is 23.8 Å². The molecule has 0 aliphatic carbocycles. The van der Waals surface area contributed by atoms with Gasteiger partial charge in [-0.25, -0.2) is 0 Å². The van der Waals surface area contributed by atoms with Gasteiger partial charge in [-0.05, 0) is 70.6 Å². The van der Waals surface area contributed by atoms with E-state index >= 15 is 0 Å². The van der Waals surface area contributed by atoms with Crippen molar-refractivity contribution in [2.24, 2.45) is 0 Å². The maximum absolute atomic E-state index is 13.5. The predicted molar refractivity (Wildman–Crippen MR) is 347 cm³/mol. The normalized spacial score (nSPS) is 19.0. The van der Waals surface area contributed by atoms with E-state index in [2.05, 4.69) is 86.8 Å². The number of ether oxygens (including phenoxy) is 3. The number of aliphatic hydroxyl groups is 5. The number of amides is 1. The van der Waals surface area contributed by atoms with E-state index in [4.69, 9.17) is 14.2 Å². The molecule has 0 aromatic carbocycles. The molecule has 0 saturated carbocycles. The standard InChI is InChI=1S/C72H129NO10/c1-4-7-10-13-16-19-22-24-26-28-30-32-33-34-36-38-40-42-45-48-51-54-57-60-67(77)83-70-69(79)68(78)66(61-74)82-72(70)81-62-63(64(75)58-55-52-49-46-43-21-18-15-12-9-6-3)73-71(80)65(76)59-56-53-50-47-44-41-39-37-35-31-29-27-25-23-20-17-14-11-8-5-2/h7,10,16,19,24,26,30,32,34,36,55,58,63-66,68-70,72,74-76,78-79H,4-6,8-9,11-15,17-18,20-23,25,27-29,31,33,35,37-54,56-57,59-62H2,1-3H3,(H,73,80)/b10-7-,19-16-,26-24-,32-30-,36-34-,58-55+. The summed E-state index contributed by atoms with van der Waals surface area (Å²) in [7, 11) is 0. The molecule has 83 heavy (non-hydrogen) atoms. The Hall–Kier alpha value is -2.90. The Morgan fingerprint density at radius 1 is 0.482 bits per heavy atom. The summed E-state index contributed by atoms with van der Waals surface area (Å²) in [6.07, 6.45) is 66.6. The largest absolute Gasteiger partial charge is 0.454 e. The number of carbonyl (C=O) groups is 2. The van der Waals surface area contributed by atoms with Gasteiger partial charge in [-0.1, -0.05) is 306 Å². The zero-order valence-electron chi connectivity index (χ0n) is 53.6. The van der Waals surface area contributed by atoms with Crippen molar-refractivity contribution in [2.75, 3.05) is 13.2 Å². The third-order valence-corrected chi connectivity index (χ3v) is 16.1. The lowest BCUT2D eigenvalue weighted by Crippen LogP contribution is -2.61. The van der Waals surface area contributed by atoms with Gasteiger partial charge in [0.25, 0.3) is 0 Å². The second kappa shape index (κ2) is 59.4. The number of rotatable bonds is 59. The van der Waals surface area contributed by atoms with E-state index in [0.29, 0.717) is 19.3 Å². The molecule has 1 saturated heterocycles. The molecule has 1 aliphatic rings. The maximum atomic E-state index is 13.5. The number of hydrogen-bond acceptors (Lipinski definition) is 10. The molecule has 6 N–H and O–H groups in total. The van der Waals surface area contributed by atoms with Gasteiger partial charge in [0, 0.05) is 6.42 Å². The molecule has 8 unspecified atom stereocenters. The molecule has 1 fully saturated rings. The Kier molecular flexibility index (Phi) is 55.9. The fourth-order valence-electron chi connectivity index (χ4n) is 10.7. The summed E-state index contributed by atoms with van der Waals surface area (Å²) in [5, 5.41) is 57.2. The van der Waals surface area contributed by atoms with Gasteiger partial charge in [0.15, 0.2) is 12.4 Å². The van der Waals surface area contributed by atoms with E-state index in [9.17, 15) is 35.1 Å². The van der Waals surface area contributed by atoms with Crippen molar-refractivity contribution in [3.05, 3.63) is 72.9 Å². The SMILES string of the molecule is CC/C=C\C/C=C\C/C=C\C/C=C\C/C=C\CCCCCCCCCC(=O)OC1C(OCC(NC(=O)C(O)CCCCCCCCCCCCCCCCCCCCCC)C(O)/C=C/CCCCCCCCCCC)OC(CO)C(O)C1O. The van der Waals surface area contributed by atoms with Crippen LogP contribution in [0.2, 0.25) is 0 Å². The number of hydrogen-bond donors (Lipinski definition) is 6. The smallest absolute Gasteiger partial charge is 0.306 e. The van der Waals surface area contributed by atoms with Gasteiger partial charge >= 0.3 is 5.97 Å². The average Bonchev–Trinajstić information content (AvgIpc) is 3.68.